The summed E-state index contributed by atoms with van der Waals surface area (Å²) in [5.74, 6) is 1.74. The summed E-state index contributed by atoms with van der Waals surface area (Å²) >= 11 is 0. The van der Waals surface area contributed by atoms with Gasteiger partial charge in [-0.2, -0.15) is 15.0 Å². The highest BCUT2D eigenvalue weighted by Crippen LogP contribution is 2.19. The van der Waals surface area contributed by atoms with E-state index in [0.29, 0.717) is 63.5 Å². The molecule has 1 aliphatic heterocycles. The van der Waals surface area contributed by atoms with Crippen molar-refractivity contribution in [1.29, 1.82) is 0 Å². The van der Waals surface area contributed by atoms with Crippen molar-refractivity contribution in [2.75, 3.05) is 74.7 Å². The van der Waals surface area contributed by atoms with E-state index >= 15 is 0 Å². The molecule has 1 aromatic heterocycles. The molecular formula is C26H42N8O3. The first-order valence-electron chi connectivity index (χ1n) is 13.4. The average molecular weight is 515 g/mol. The maximum atomic E-state index is 12.4. The minimum Gasteiger partial charge on any atom is -0.378 e. The van der Waals surface area contributed by atoms with Crippen molar-refractivity contribution >= 4 is 23.8 Å². The highest BCUT2D eigenvalue weighted by Gasteiger charge is 2.16. The van der Waals surface area contributed by atoms with Gasteiger partial charge < -0.3 is 36.1 Å². The van der Waals surface area contributed by atoms with Crippen LogP contribution >= 0.6 is 0 Å². The third-order valence-electron chi connectivity index (χ3n) is 5.91. The van der Waals surface area contributed by atoms with Crippen LogP contribution < -0.4 is 26.6 Å². The number of amides is 1. The molecule has 1 amide bonds. The lowest BCUT2D eigenvalue weighted by Crippen LogP contribution is -2.31. The highest BCUT2D eigenvalue weighted by atomic mass is 16.5. The zero-order chi connectivity index (χ0) is 26.1. The Hall–Kier alpha value is -3.02. The number of benzene rings is 1. The number of hydrogen-bond acceptors (Lipinski definition) is 10. The van der Waals surface area contributed by atoms with Gasteiger partial charge in [0.15, 0.2) is 0 Å². The van der Waals surface area contributed by atoms with Gasteiger partial charge in [0.05, 0.1) is 26.4 Å². The van der Waals surface area contributed by atoms with Gasteiger partial charge in [0, 0.05) is 44.8 Å². The predicted molar refractivity (Wildman–Crippen MR) is 146 cm³/mol. The molecule has 0 bridgehead atoms. The number of rotatable bonds is 17. The molecule has 204 valence electrons. The van der Waals surface area contributed by atoms with E-state index in [2.05, 4.69) is 42.7 Å². The number of nitrogens with zero attached hydrogens (tertiary/aromatic N) is 4. The lowest BCUT2D eigenvalue weighted by atomic mass is 10.1. The molecule has 0 saturated carbocycles. The Morgan fingerprint density at radius 1 is 0.919 bits per heavy atom. The van der Waals surface area contributed by atoms with E-state index in [0.717, 1.165) is 56.8 Å². The topological polar surface area (TPSA) is 140 Å². The second kappa shape index (κ2) is 16.7. The summed E-state index contributed by atoms with van der Waals surface area (Å²) < 4.78 is 10.7. The molecule has 1 saturated heterocycles. The molecule has 0 aliphatic carbocycles. The molecule has 1 aromatic carbocycles. The average Bonchev–Trinajstić information content (AvgIpc) is 2.94. The van der Waals surface area contributed by atoms with Gasteiger partial charge in [-0.15, -0.1) is 0 Å². The second-order valence-corrected chi connectivity index (χ2v) is 8.93. The number of ether oxygens (including phenoxy) is 2. The molecule has 3 rings (SSSR count). The van der Waals surface area contributed by atoms with E-state index in [1.165, 1.54) is 6.42 Å². The molecule has 1 fully saturated rings. The summed E-state index contributed by atoms with van der Waals surface area (Å²) in [6.45, 7) is 8.35. The fourth-order valence-corrected chi connectivity index (χ4v) is 3.83. The predicted octanol–water partition coefficient (Wildman–Crippen LogP) is 2.41. The van der Waals surface area contributed by atoms with Crippen LogP contribution in [0.5, 0.6) is 0 Å². The largest absolute Gasteiger partial charge is 0.378 e. The van der Waals surface area contributed by atoms with Gasteiger partial charge in [0.1, 0.15) is 0 Å². The van der Waals surface area contributed by atoms with Gasteiger partial charge >= 0.3 is 0 Å². The minimum atomic E-state index is -0.131. The summed E-state index contributed by atoms with van der Waals surface area (Å²) in [6, 6.07) is 7.50. The van der Waals surface area contributed by atoms with Crippen molar-refractivity contribution < 1.29 is 14.3 Å². The Kier molecular flexibility index (Phi) is 12.9. The van der Waals surface area contributed by atoms with Crippen molar-refractivity contribution in [3.05, 3.63) is 35.4 Å². The zero-order valence-electron chi connectivity index (χ0n) is 22.0. The van der Waals surface area contributed by atoms with E-state index in [1.54, 1.807) is 0 Å². The normalized spacial score (nSPS) is 13.4. The van der Waals surface area contributed by atoms with Crippen LogP contribution in [0.25, 0.3) is 0 Å². The molecule has 2 aromatic rings. The van der Waals surface area contributed by atoms with Gasteiger partial charge in [-0.1, -0.05) is 25.5 Å². The second-order valence-electron chi connectivity index (χ2n) is 8.93. The molecule has 11 heteroatoms. The summed E-state index contributed by atoms with van der Waals surface area (Å²) in [6.07, 6.45) is 5.73. The van der Waals surface area contributed by atoms with Crippen molar-refractivity contribution in [3.8, 4) is 0 Å². The summed E-state index contributed by atoms with van der Waals surface area (Å²) in [4.78, 5) is 28.5. The van der Waals surface area contributed by atoms with Crippen molar-refractivity contribution in [1.82, 2.24) is 20.3 Å². The first kappa shape index (κ1) is 28.5. The first-order valence-corrected chi connectivity index (χ1v) is 13.4. The van der Waals surface area contributed by atoms with Crippen LogP contribution in [0.3, 0.4) is 0 Å². The van der Waals surface area contributed by atoms with Gasteiger partial charge in [0.2, 0.25) is 17.8 Å². The Labute approximate surface area is 219 Å². The van der Waals surface area contributed by atoms with Gasteiger partial charge in [0.25, 0.3) is 5.91 Å². The van der Waals surface area contributed by atoms with Crippen LogP contribution in [0.15, 0.2) is 24.3 Å². The van der Waals surface area contributed by atoms with Crippen LogP contribution in [-0.4, -0.2) is 80.0 Å². The molecular weight excluding hydrogens is 472 g/mol. The number of nitrogens with one attached hydrogen (secondary N) is 3. The number of unbranched alkanes of at least 4 members (excludes halogenated alkanes) is 1. The van der Waals surface area contributed by atoms with Crippen LogP contribution in [-0.2, 0) is 16.0 Å². The van der Waals surface area contributed by atoms with Crippen molar-refractivity contribution in [3.63, 3.8) is 0 Å². The third kappa shape index (κ3) is 10.5. The van der Waals surface area contributed by atoms with Crippen LogP contribution in [0, 0.1) is 0 Å². The molecule has 0 radical (unpaired) electrons. The number of nitrogens with two attached hydrogens (primary N) is 1. The Morgan fingerprint density at radius 3 is 2.32 bits per heavy atom. The number of hydrogen-bond donors (Lipinski definition) is 4. The maximum absolute atomic E-state index is 12.4. The van der Waals surface area contributed by atoms with E-state index in [4.69, 9.17) is 15.2 Å². The van der Waals surface area contributed by atoms with Crippen molar-refractivity contribution in [2.45, 2.75) is 45.6 Å². The number of carbonyl (C=O) groups excluding carboxylic acids is 1. The summed E-state index contributed by atoms with van der Waals surface area (Å²) in [7, 11) is 0. The van der Waals surface area contributed by atoms with Crippen LogP contribution in [0.4, 0.5) is 17.8 Å². The number of carbonyl (C=O) groups is 1. The lowest BCUT2D eigenvalue weighted by molar-refractivity contribution is 0.0511. The molecule has 1 aliphatic rings. The molecule has 0 unspecified atom stereocenters. The Bertz CT molecular complexity index is 923. The number of piperidine rings is 1. The van der Waals surface area contributed by atoms with E-state index in [-0.39, 0.29) is 5.91 Å². The molecule has 5 N–H and O–H groups in total. The quantitative estimate of drug-likeness (QED) is 0.233. The van der Waals surface area contributed by atoms with Crippen LogP contribution in [0.2, 0.25) is 0 Å². The van der Waals surface area contributed by atoms with E-state index in [9.17, 15) is 4.79 Å². The first-order chi connectivity index (χ1) is 18.2. The van der Waals surface area contributed by atoms with Gasteiger partial charge in [-0.25, -0.2) is 0 Å². The standard InChI is InChI=1S/C26H42N8O3/c1-2-3-12-29-24-31-25(33-26(32-24)34-14-5-4-6-15-34)30-20-21-7-9-22(10-8-21)23(35)28-13-17-37-19-18-36-16-11-27/h7-10H,2-6,11-20,27H2,1H3,(H,28,35)(H2,29,30,31,32,33). The summed E-state index contributed by atoms with van der Waals surface area (Å²) in [5, 5.41) is 9.51. The maximum Gasteiger partial charge on any atom is 0.251 e. The smallest absolute Gasteiger partial charge is 0.251 e. The SMILES string of the molecule is CCCCNc1nc(NCc2ccc(C(=O)NCCOCCOCCN)cc2)nc(N2CCCCC2)n1. The van der Waals surface area contributed by atoms with E-state index in [1.807, 2.05) is 24.3 Å². The van der Waals surface area contributed by atoms with Crippen LogP contribution in [0.1, 0.15) is 54.9 Å². The van der Waals surface area contributed by atoms with Gasteiger partial charge in [-0.3, -0.25) is 4.79 Å². The lowest BCUT2D eigenvalue weighted by Gasteiger charge is -2.27. The summed E-state index contributed by atoms with van der Waals surface area (Å²) in [5.41, 5.74) is 6.99. The van der Waals surface area contributed by atoms with Crippen molar-refractivity contribution in [2.24, 2.45) is 5.73 Å². The fraction of sp³-hybridized carbons (Fsp3) is 0.615. The molecule has 2 heterocycles. The Balaban J connectivity index is 1.48. The van der Waals surface area contributed by atoms with Gasteiger partial charge in [-0.05, 0) is 43.4 Å². The zero-order valence-corrected chi connectivity index (χ0v) is 22.0. The monoisotopic (exact) mass is 514 g/mol. The fourth-order valence-electron chi connectivity index (χ4n) is 3.83. The number of aromatic nitrogens is 3. The molecule has 0 atom stereocenters. The van der Waals surface area contributed by atoms with E-state index < -0.39 is 0 Å². The third-order valence-corrected chi connectivity index (χ3v) is 5.91. The molecule has 11 nitrogen and oxygen atoms in total. The Morgan fingerprint density at radius 2 is 1.62 bits per heavy atom. The molecule has 0 spiro atoms. The highest BCUT2D eigenvalue weighted by molar-refractivity contribution is 5.94. The minimum absolute atomic E-state index is 0.131. The number of anilines is 3. The molecule has 37 heavy (non-hydrogen) atoms.